The minimum Gasteiger partial charge on any atom is -0.479 e. The summed E-state index contributed by atoms with van der Waals surface area (Å²) in [6.45, 7) is 1.88. The largest absolute Gasteiger partial charge is 0.479 e. The third kappa shape index (κ3) is 3.61. The first-order valence-electron chi connectivity index (χ1n) is 7.53. The van der Waals surface area contributed by atoms with Gasteiger partial charge in [0, 0.05) is 14.1 Å². The number of anilines is 1. The number of hydrogen-bond donors (Lipinski definition) is 0. The van der Waals surface area contributed by atoms with Gasteiger partial charge < -0.3 is 14.4 Å². The van der Waals surface area contributed by atoms with Gasteiger partial charge in [-0.05, 0) is 30.2 Å². The predicted molar refractivity (Wildman–Crippen MR) is 92.8 cm³/mol. The van der Waals surface area contributed by atoms with Crippen molar-refractivity contribution in [2.24, 2.45) is 0 Å². The van der Waals surface area contributed by atoms with Crippen LogP contribution in [-0.4, -0.2) is 38.3 Å². The Labute approximate surface area is 147 Å². The van der Waals surface area contributed by atoms with Gasteiger partial charge in [0.1, 0.15) is 11.6 Å². The lowest BCUT2D eigenvalue weighted by Gasteiger charge is -2.22. The maximum Gasteiger partial charge on any atom is 0.319 e. The summed E-state index contributed by atoms with van der Waals surface area (Å²) in [5, 5.41) is 19.0. The number of nitriles is 2. The van der Waals surface area contributed by atoms with Crippen LogP contribution in [0.2, 0.25) is 0 Å². The normalized spacial score (nSPS) is 11.2. The summed E-state index contributed by atoms with van der Waals surface area (Å²) in [7, 11) is 6.60. The van der Waals surface area contributed by atoms with Crippen molar-refractivity contribution in [1.29, 1.82) is 10.5 Å². The molecule has 1 heterocycles. The average Bonchev–Trinajstić information content (AvgIpc) is 2.60. The van der Waals surface area contributed by atoms with Gasteiger partial charge in [0.25, 0.3) is 0 Å². The molecule has 7 nitrogen and oxygen atoms in total. The van der Waals surface area contributed by atoms with Gasteiger partial charge in [-0.25, -0.2) is 0 Å². The summed E-state index contributed by atoms with van der Waals surface area (Å²) in [6, 6.07) is 9.85. The Hall–Kier alpha value is -3.32. The fourth-order valence-electron chi connectivity index (χ4n) is 2.62. The third-order valence-corrected chi connectivity index (χ3v) is 3.65. The molecule has 0 spiro atoms. The molecule has 0 saturated carbocycles. The van der Waals surface area contributed by atoms with Crippen LogP contribution in [0.4, 0.5) is 5.69 Å². The van der Waals surface area contributed by atoms with Crippen molar-refractivity contribution >= 4 is 5.69 Å². The van der Waals surface area contributed by atoms with Gasteiger partial charge >= 0.3 is 6.01 Å². The molecule has 0 aliphatic carbocycles. The van der Waals surface area contributed by atoms with E-state index in [-0.39, 0.29) is 6.01 Å². The summed E-state index contributed by atoms with van der Waals surface area (Å²) in [4.78, 5) is 10.4. The molecule has 1 atom stereocenters. The number of rotatable bonds is 5. The maximum atomic E-state index is 9.83. The Balaban J connectivity index is 2.75. The van der Waals surface area contributed by atoms with Crippen LogP contribution in [0.15, 0.2) is 18.2 Å². The highest BCUT2D eigenvalue weighted by atomic mass is 16.5. The van der Waals surface area contributed by atoms with Gasteiger partial charge in [0.15, 0.2) is 0 Å². The van der Waals surface area contributed by atoms with Crippen LogP contribution in [0.5, 0.6) is 11.9 Å². The highest BCUT2D eigenvalue weighted by Gasteiger charge is 2.26. The van der Waals surface area contributed by atoms with E-state index in [1.807, 2.05) is 27.1 Å². The molecule has 0 aliphatic rings. The van der Waals surface area contributed by atoms with E-state index in [2.05, 4.69) is 22.1 Å². The molecular formula is C18H19N5O2. The van der Waals surface area contributed by atoms with Crippen molar-refractivity contribution in [2.75, 3.05) is 33.2 Å². The first-order chi connectivity index (χ1) is 11.9. The summed E-state index contributed by atoms with van der Waals surface area (Å²) in [6.07, 6.45) is 0. The molecule has 1 aromatic heterocycles. The fourth-order valence-corrected chi connectivity index (χ4v) is 2.62. The zero-order valence-electron chi connectivity index (χ0n) is 14.9. The van der Waals surface area contributed by atoms with Crippen LogP contribution >= 0.6 is 0 Å². The molecule has 2 rings (SSSR count). The Kier molecular flexibility index (Phi) is 5.41. The number of aryl methyl sites for hydroxylation is 1. The van der Waals surface area contributed by atoms with Gasteiger partial charge in [0.05, 0.1) is 37.6 Å². The molecule has 128 valence electrons. The number of benzene rings is 1. The molecule has 25 heavy (non-hydrogen) atoms. The second-order valence-corrected chi connectivity index (χ2v) is 5.65. The van der Waals surface area contributed by atoms with Crippen LogP contribution in [0.3, 0.4) is 0 Å². The SMILES string of the molecule is COc1nc(OC)c(N(C)C)c(C(C#N)c2cc(C)cc(C#N)c2)n1. The van der Waals surface area contributed by atoms with E-state index in [9.17, 15) is 10.5 Å². The minimum absolute atomic E-state index is 0.117. The summed E-state index contributed by atoms with van der Waals surface area (Å²) in [5.74, 6) is -0.379. The van der Waals surface area contributed by atoms with Crippen molar-refractivity contribution in [3.63, 3.8) is 0 Å². The third-order valence-electron chi connectivity index (χ3n) is 3.65. The van der Waals surface area contributed by atoms with Crippen LogP contribution in [0.1, 0.15) is 28.3 Å². The van der Waals surface area contributed by atoms with Crippen molar-refractivity contribution < 1.29 is 9.47 Å². The standard InChI is InChI=1S/C18H19N5O2/c1-11-6-12(9-19)8-13(7-11)14(10-20)15-16(23(2)3)17(24-4)22-18(21-15)25-5/h6-8,14H,1-5H3. The van der Waals surface area contributed by atoms with Crippen LogP contribution in [-0.2, 0) is 0 Å². The molecule has 0 bridgehead atoms. The highest BCUT2D eigenvalue weighted by Crippen LogP contribution is 2.37. The zero-order chi connectivity index (χ0) is 18.6. The van der Waals surface area contributed by atoms with E-state index in [1.165, 1.54) is 14.2 Å². The van der Waals surface area contributed by atoms with E-state index in [0.29, 0.717) is 28.4 Å². The number of nitrogens with zero attached hydrogens (tertiary/aromatic N) is 5. The maximum absolute atomic E-state index is 9.83. The Bertz CT molecular complexity index is 865. The molecule has 7 heteroatoms. The van der Waals surface area contributed by atoms with Gasteiger partial charge in [-0.3, -0.25) is 0 Å². The van der Waals surface area contributed by atoms with Crippen molar-refractivity contribution in [3.8, 4) is 24.0 Å². The molecule has 0 fully saturated rings. The van der Waals surface area contributed by atoms with Crippen LogP contribution in [0, 0.1) is 29.6 Å². The van der Waals surface area contributed by atoms with Crippen molar-refractivity contribution in [3.05, 3.63) is 40.6 Å². The molecule has 1 aromatic carbocycles. The van der Waals surface area contributed by atoms with Gasteiger partial charge in [-0.1, -0.05) is 6.07 Å². The van der Waals surface area contributed by atoms with E-state index in [1.54, 1.807) is 17.0 Å². The quantitative estimate of drug-likeness (QED) is 0.826. The van der Waals surface area contributed by atoms with E-state index in [4.69, 9.17) is 9.47 Å². The molecule has 2 aromatic rings. The van der Waals surface area contributed by atoms with E-state index >= 15 is 0 Å². The molecule has 0 amide bonds. The topological polar surface area (TPSA) is 95.1 Å². The second kappa shape index (κ2) is 7.50. The number of aromatic nitrogens is 2. The molecule has 1 unspecified atom stereocenters. The lowest BCUT2D eigenvalue weighted by atomic mass is 9.92. The van der Waals surface area contributed by atoms with E-state index < -0.39 is 5.92 Å². The summed E-state index contributed by atoms with van der Waals surface area (Å²) < 4.78 is 10.5. The minimum atomic E-state index is -0.699. The van der Waals surface area contributed by atoms with E-state index in [0.717, 1.165) is 5.56 Å². The highest BCUT2D eigenvalue weighted by molar-refractivity contribution is 5.62. The fraction of sp³-hybridized carbons (Fsp3) is 0.333. The summed E-state index contributed by atoms with van der Waals surface area (Å²) >= 11 is 0. The Morgan fingerprint density at radius 2 is 1.80 bits per heavy atom. The number of ether oxygens (including phenoxy) is 2. The Morgan fingerprint density at radius 3 is 2.32 bits per heavy atom. The van der Waals surface area contributed by atoms with Crippen molar-refractivity contribution in [1.82, 2.24) is 9.97 Å². The summed E-state index contributed by atoms with van der Waals surface area (Å²) in [5.41, 5.74) is 3.13. The molecule has 0 saturated heterocycles. The Morgan fingerprint density at radius 1 is 1.08 bits per heavy atom. The number of hydrogen-bond acceptors (Lipinski definition) is 7. The van der Waals surface area contributed by atoms with Gasteiger partial charge in [-0.2, -0.15) is 20.5 Å². The smallest absolute Gasteiger partial charge is 0.319 e. The zero-order valence-corrected chi connectivity index (χ0v) is 14.9. The number of methoxy groups -OCH3 is 2. The van der Waals surface area contributed by atoms with Crippen LogP contribution < -0.4 is 14.4 Å². The molecule has 0 aliphatic heterocycles. The first kappa shape index (κ1) is 18.0. The van der Waals surface area contributed by atoms with Gasteiger partial charge in [0.2, 0.25) is 5.88 Å². The lowest BCUT2D eigenvalue weighted by molar-refractivity contribution is 0.350. The molecule has 0 N–H and O–H groups in total. The molecular weight excluding hydrogens is 318 g/mol. The predicted octanol–water partition coefficient (Wildman–Crippen LogP) is 2.40. The van der Waals surface area contributed by atoms with Gasteiger partial charge in [-0.15, -0.1) is 0 Å². The first-order valence-corrected chi connectivity index (χ1v) is 7.53. The van der Waals surface area contributed by atoms with Crippen molar-refractivity contribution in [2.45, 2.75) is 12.8 Å². The monoisotopic (exact) mass is 337 g/mol. The lowest BCUT2D eigenvalue weighted by Crippen LogP contribution is -2.18. The van der Waals surface area contributed by atoms with Crippen LogP contribution in [0.25, 0.3) is 0 Å². The molecule has 0 radical (unpaired) electrons. The average molecular weight is 337 g/mol. The second-order valence-electron chi connectivity index (χ2n) is 5.65.